The molecular weight excluding hydrogens is 306 g/mol. The van der Waals surface area contributed by atoms with E-state index >= 15 is 0 Å². The number of rotatable bonds is 3. The zero-order valence-electron chi connectivity index (χ0n) is 12.2. The molecular formula is C13H24BrN5. The lowest BCUT2D eigenvalue weighted by Crippen LogP contribution is -2.54. The topological polar surface area (TPSA) is 50.3 Å². The van der Waals surface area contributed by atoms with Gasteiger partial charge in [0.15, 0.2) is 0 Å². The second-order valence-corrected chi connectivity index (χ2v) is 6.61. The minimum absolute atomic E-state index is 0.0352. The molecule has 0 aliphatic carbocycles. The first-order valence-electron chi connectivity index (χ1n) is 6.79. The maximum Gasteiger partial charge on any atom is 0.0713 e. The van der Waals surface area contributed by atoms with Crippen LogP contribution in [0.25, 0.3) is 0 Å². The predicted molar refractivity (Wildman–Crippen MR) is 81.2 cm³/mol. The van der Waals surface area contributed by atoms with Gasteiger partial charge in [0.05, 0.1) is 22.4 Å². The molecule has 0 aromatic carbocycles. The molecule has 5 nitrogen and oxygen atoms in total. The summed E-state index contributed by atoms with van der Waals surface area (Å²) in [5, 5.41) is 4.43. The summed E-state index contributed by atoms with van der Waals surface area (Å²) in [7, 11) is 4.31. The summed E-state index contributed by atoms with van der Waals surface area (Å²) in [6, 6.07) is 0.607. The molecule has 2 heterocycles. The molecule has 1 aromatic heterocycles. The van der Waals surface area contributed by atoms with E-state index in [-0.39, 0.29) is 6.04 Å². The Balaban J connectivity index is 2.27. The number of nitrogens with two attached hydrogens (primary N) is 1. The van der Waals surface area contributed by atoms with Gasteiger partial charge in [-0.3, -0.25) is 9.58 Å². The summed E-state index contributed by atoms with van der Waals surface area (Å²) in [5.41, 5.74) is 7.65. The van der Waals surface area contributed by atoms with Crippen LogP contribution in [0.5, 0.6) is 0 Å². The minimum Gasteiger partial charge on any atom is -0.321 e. The smallest absolute Gasteiger partial charge is 0.0713 e. The van der Waals surface area contributed by atoms with Gasteiger partial charge in [0.1, 0.15) is 0 Å². The van der Waals surface area contributed by atoms with Crippen LogP contribution in [-0.2, 0) is 0 Å². The van der Waals surface area contributed by atoms with Crippen LogP contribution in [0.4, 0.5) is 0 Å². The monoisotopic (exact) mass is 329 g/mol. The van der Waals surface area contributed by atoms with Gasteiger partial charge in [-0.15, -0.1) is 0 Å². The molecule has 0 bridgehead atoms. The summed E-state index contributed by atoms with van der Waals surface area (Å²) in [4.78, 5) is 4.70. The van der Waals surface area contributed by atoms with Crippen molar-refractivity contribution in [2.45, 2.75) is 32.0 Å². The lowest BCUT2D eigenvalue weighted by molar-refractivity contribution is 0.0948. The normalized spacial score (nSPS) is 24.1. The van der Waals surface area contributed by atoms with Gasteiger partial charge in [0.25, 0.3) is 0 Å². The number of likely N-dealkylation sites (N-methyl/N-ethyl adjacent to an activating group) is 2. The quantitative estimate of drug-likeness (QED) is 0.912. The van der Waals surface area contributed by atoms with Crippen molar-refractivity contribution in [3.05, 3.63) is 16.4 Å². The predicted octanol–water partition coefficient (Wildman–Crippen LogP) is 1.47. The van der Waals surface area contributed by atoms with E-state index in [2.05, 4.69) is 58.8 Å². The molecule has 0 amide bonds. The van der Waals surface area contributed by atoms with Gasteiger partial charge in [0, 0.05) is 31.7 Å². The van der Waals surface area contributed by atoms with Gasteiger partial charge < -0.3 is 10.6 Å². The molecule has 1 aromatic rings. The van der Waals surface area contributed by atoms with Gasteiger partial charge in [-0.1, -0.05) is 0 Å². The van der Waals surface area contributed by atoms with E-state index in [1.165, 1.54) is 0 Å². The van der Waals surface area contributed by atoms with E-state index in [9.17, 15) is 0 Å². The molecule has 6 heteroatoms. The highest BCUT2D eigenvalue weighted by Crippen LogP contribution is 2.29. The van der Waals surface area contributed by atoms with Crippen LogP contribution < -0.4 is 5.73 Å². The second kappa shape index (κ2) is 5.91. The maximum absolute atomic E-state index is 6.55. The molecule has 1 aliphatic heterocycles. The lowest BCUT2D eigenvalue weighted by atomic mass is 10.0. The average Bonchev–Trinajstić information content (AvgIpc) is 2.73. The fourth-order valence-corrected chi connectivity index (χ4v) is 3.23. The Morgan fingerprint density at radius 3 is 2.68 bits per heavy atom. The van der Waals surface area contributed by atoms with E-state index in [4.69, 9.17) is 5.73 Å². The lowest BCUT2D eigenvalue weighted by Gasteiger charge is -2.41. The maximum atomic E-state index is 6.55. The standard InChI is InChI=1S/C13H24BrN5/c1-9(2)19-13(10(14)7-16-19)12(15)11-8-17(3)5-6-18(11)4/h7,9,11-12H,5-6,8,15H2,1-4H3. The zero-order chi connectivity index (χ0) is 14.2. The minimum atomic E-state index is -0.0352. The Hall–Kier alpha value is -0.430. The summed E-state index contributed by atoms with van der Waals surface area (Å²) in [5.74, 6) is 0. The Morgan fingerprint density at radius 2 is 2.05 bits per heavy atom. The van der Waals surface area contributed by atoms with Crippen LogP contribution in [-0.4, -0.2) is 59.4 Å². The van der Waals surface area contributed by atoms with Crippen LogP contribution >= 0.6 is 15.9 Å². The number of halogens is 1. The molecule has 2 atom stereocenters. The van der Waals surface area contributed by atoms with E-state index in [0.29, 0.717) is 12.1 Å². The van der Waals surface area contributed by atoms with Crippen LogP contribution in [0.3, 0.4) is 0 Å². The highest BCUT2D eigenvalue weighted by Gasteiger charge is 2.32. The number of hydrogen-bond acceptors (Lipinski definition) is 4. The summed E-state index contributed by atoms with van der Waals surface area (Å²) in [6.07, 6.45) is 1.85. The van der Waals surface area contributed by atoms with Gasteiger partial charge >= 0.3 is 0 Å². The first kappa shape index (κ1) is 15.0. The van der Waals surface area contributed by atoms with Crippen LogP contribution in [0, 0.1) is 0 Å². The van der Waals surface area contributed by atoms with Crippen molar-refractivity contribution >= 4 is 15.9 Å². The van der Waals surface area contributed by atoms with Crippen molar-refractivity contribution in [2.24, 2.45) is 5.73 Å². The van der Waals surface area contributed by atoms with E-state index in [0.717, 1.165) is 29.8 Å². The van der Waals surface area contributed by atoms with Crippen molar-refractivity contribution in [1.29, 1.82) is 0 Å². The van der Waals surface area contributed by atoms with Gasteiger partial charge in [0.2, 0.25) is 0 Å². The Labute approximate surface area is 123 Å². The van der Waals surface area contributed by atoms with Crippen LogP contribution in [0.1, 0.15) is 31.6 Å². The highest BCUT2D eigenvalue weighted by molar-refractivity contribution is 9.10. The van der Waals surface area contributed by atoms with Gasteiger partial charge in [-0.05, 0) is 43.9 Å². The SMILES string of the molecule is CC(C)n1ncc(Br)c1C(N)C1CN(C)CCN1C. The summed E-state index contributed by atoms with van der Waals surface area (Å²) in [6.45, 7) is 7.42. The Kier molecular flexibility index (Phi) is 4.66. The molecule has 0 radical (unpaired) electrons. The number of nitrogens with zero attached hydrogens (tertiary/aromatic N) is 4. The van der Waals surface area contributed by atoms with Crippen LogP contribution in [0.15, 0.2) is 10.7 Å². The largest absolute Gasteiger partial charge is 0.321 e. The molecule has 1 saturated heterocycles. The van der Waals surface area contributed by atoms with Crippen molar-refractivity contribution in [3.63, 3.8) is 0 Å². The molecule has 19 heavy (non-hydrogen) atoms. The number of aromatic nitrogens is 2. The molecule has 0 saturated carbocycles. The molecule has 2 N–H and O–H groups in total. The Bertz CT molecular complexity index is 431. The third-order valence-corrected chi connectivity index (χ3v) is 4.52. The first-order chi connectivity index (χ1) is 8.91. The molecule has 2 rings (SSSR count). The molecule has 2 unspecified atom stereocenters. The molecule has 108 valence electrons. The Morgan fingerprint density at radius 1 is 1.37 bits per heavy atom. The van der Waals surface area contributed by atoms with E-state index in [1.54, 1.807) is 0 Å². The van der Waals surface area contributed by atoms with Crippen molar-refractivity contribution < 1.29 is 0 Å². The van der Waals surface area contributed by atoms with Gasteiger partial charge in [-0.2, -0.15) is 5.10 Å². The fourth-order valence-electron chi connectivity index (χ4n) is 2.69. The average molecular weight is 330 g/mol. The third-order valence-electron chi connectivity index (χ3n) is 3.91. The second-order valence-electron chi connectivity index (χ2n) is 5.75. The van der Waals surface area contributed by atoms with E-state index < -0.39 is 0 Å². The molecule has 1 aliphatic rings. The summed E-state index contributed by atoms with van der Waals surface area (Å²) >= 11 is 3.59. The molecule has 1 fully saturated rings. The zero-order valence-corrected chi connectivity index (χ0v) is 13.8. The molecule has 0 spiro atoms. The summed E-state index contributed by atoms with van der Waals surface area (Å²) < 4.78 is 3.03. The van der Waals surface area contributed by atoms with Crippen molar-refractivity contribution in [1.82, 2.24) is 19.6 Å². The van der Waals surface area contributed by atoms with Gasteiger partial charge in [-0.25, -0.2) is 0 Å². The first-order valence-corrected chi connectivity index (χ1v) is 7.58. The van der Waals surface area contributed by atoms with E-state index in [1.807, 2.05) is 10.9 Å². The fraction of sp³-hybridized carbons (Fsp3) is 0.769. The highest BCUT2D eigenvalue weighted by atomic mass is 79.9. The third kappa shape index (κ3) is 3.02. The van der Waals surface area contributed by atoms with Crippen LogP contribution in [0.2, 0.25) is 0 Å². The van der Waals surface area contributed by atoms with Crippen molar-refractivity contribution in [3.8, 4) is 0 Å². The number of hydrogen-bond donors (Lipinski definition) is 1. The number of piperazine rings is 1. The van der Waals surface area contributed by atoms with Crippen molar-refractivity contribution in [2.75, 3.05) is 33.7 Å².